The molecule has 0 radical (unpaired) electrons. The van der Waals surface area contributed by atoms with Crippen LogP contribution in [0, 0.1) is 6.92 Å². The Morgan fingerprint density at radius 1 is 1.16 bits per heavy atom. The number of nitrogens with one attached hydrogen (secondary N) is 1. The fourth-order valence-electron chi connectivity index (χ4n) is 1.92. The van der Waals surface area contributed by atoms with E-state index in [9.17, 15) is 0 Å². The van der Waals surface area contributed by atoms with Crippen molar-refractivity contribution < 1.29 is 0 Å². The smallest absolute Gasteiger partial charge is 0.0644 e. The minimum atomic E-state index is 0.0826. The van der Waals surface area contributed by atoms with E-state index in [-0.39, 0.29) is 6.04 Å². The summed E-state index contributed by atoms with van der Waals surface area (Å²) in [5, 5.41) is 4.65. The molecule has 0 saturated carbocycles. The van der Waals surface area contributed by atoms with Gasteiger partial charge in [-0.1, -0.05) is 57.3 Å². The van der Waals surface area contributed by atoms with Crippen LogP contribution in [0.15, 0.2) is 40.9 Å². The van der Waals surface area contributed by atoms with Crippen molar-refractivity contribution in [1.29, 1.82) is 0 Å². The first-order valence-electron chi connectivity index (χ1n) is 5.95. The number of halogens is 3. The molecule has 2 aromatic carbocycles. The first-order valence-corrected chi connectivity index (χ1v) is 7.50. The van der Waals surface area contributed by atoms with Crippen molar-refractivity contribution in [2.75, 3.05) is 5.32 Å². The lowest BCUT2D eigenvalue weighted by Crippen LogP contribution is -2.08. The summed E-state index contributed by atoms with van der Waals surface area (Å²) in [6, 6.07) is 11.9. The summed E-state index contributed by atoms with van der Waals surface area (Å²) in [5.74, 6) is 0. The number of hydrogen-bond acceptors (Lipinski definition) is 1. The second-order valence-electron chi connectivity index (χ2n) is 4.47. The first kappa shape index (κ1) is 14.7. The summed E-state index contributed by atoms with van der Waals surface area (Å²) >= 11 is 15.8. The predicted octanol–water partition coefficient (Wildman–Crippen LogP) is 6.24. The number of rotatable bonds is 3. The number of hydrogen-bond donors (Lipinski definition) is 1. The van der Waals surface area contributed by atoms with Crippen LogP contribution in [0.4, 0.5) is 5.69 Å². The minimum absolute atomic E-state index is 0.0826. The summed E-state index contributed by atoms with van der Waals surface area (Å²) in [5.41, 5.74) is 3.26. The maximum absolute atomic E-state index is 6.24. The lowest BCUT2D eigenvalue weighted by molar-refractivity contribution is 0.883. The second kappa shape index (κ2) is 6.17. The van der Waals surface area contributed by atoms with Gasteiger partial charge in [-0.05, 0) is 43.2 Å². The third-order valence-corrected chi connectivity index (χ3v) is 4.35. The van der Waals surface area contributed by atoms with Gasteiger partial charge in [-0.2, -0.15) is 0 Å². The SMILES string of the molecule is Cc1ccc(Br)cc1NC(C)c1cccc(Cl)c1Cl. The van der Waals surface area contributed by atoms with E-state index < -0.39 is 0 Å². The van der Waals surface area contributed by atoms with E-state index in [0.29, 0.717) is 10.0 Å². The lowest BCUT2D eigenvalue weighted by atomic mass is 10.1. The Morgan fingerprint density at radius 3 is 2.63 bits per heavy atom. The van der Waals surface area contributed by atoms with Gasteiger partial charge in [0.05, 0.1) is 16.1 Å². The number of aryl methyl sites for hydroxylation is 1. The molecule has 0 saturated heterocycles. The van der Waals surface area contributed by atoms with Crippen molar-refractivity contribution in [2.45, 2.75) is 19.9 Å². The summed E-state index contributed by atoms with van der Waals surface area (Å²) in [7, 11) is 0. The Kier molecular flexibility index (Phi) is 4.77. The third-order valence-electron chi connectivity index (χ3n) is 3.02. The summed E-state index contributed by atoms with van der Waals surface area (Å²) < 4.78 is 1.05. The van der Waals surface area contributed by atoms with Gasteiger partial charge in [0, 0.05) is 10.2 Å². The molecule has 4 heteroatoms. The monoisotopic (exact) mass is 357 g/mol. The van der Waals surface area contributed by atoms with Crippen LogP contribution in [0.1, 0.15) is 24.1 Å². The zero-order valence-corrected chi connectivity index (χ0v) is 13.8. The highest BCUT2D eigenvalue weighted by atomic mass is 79.9. The van der Waals surface area contributed by atoms with E-state index in [1.54, 1.807) is 6.07 Å². The molecular weight excluding hydrogens is 345 g/mol. The zero-order chi connectivity index (χ0) is 14.0. The van der Waals surface area contributed by atoms with Crippen molar-refractivity contribution in [3.8, 4) is 0 Å². The van der Waals surface area contributed by atoms with Gasteiger partial charge in [0.25, 0.3) is 0 Å². The van der Waals surface area contributed by atoms with Crippen LogP contribution >= 0.6 is 39.1 Å². The van der Waals surface area contributed by atoms with Gasteiger partial charge in [0.2, 0.25) is 0 Å². The molecule has 100 valence electrons. The Balaban J connectivity index is 2.28. The molecule has 2 aromatic rings. The normalized spacial score (nSPS) is 12.3. The largest absolute Gasteiger partial charge is 0.378 e. The fourth-order valence-corrected chi connectivity index (χ4v) is 2.75. The van der Waals surface area contributed by atoms with E-state index in [4.69, 9.17) is 23.2 Å². The summed E-state index contributed by atoms with van der Waals surface area (Å²) in [6.07, 6.45) is 0. The van der Waals surface area contributed by atoms with Crippen LogP contribution in [-0.4, -0.2) is 0 Å². The van der Waals surface area contributed by atoms with Gasteiger partial charge < -0.3 is 5.32 Å². The molecule has 0 aromatic heterocycles. The maximum Gasteiger partial charge on any atom is 0.0644 e. The van der Waals surface area contributed by atoms with E-state index in [0.717, 1.165) is 15.7 Å². The Labute approximate surface area is 132 Å². The van der Waals surface area contributed by atoms with Gasteiger partial charge in [-0.25, -0.2) is 0 Å². The van der Waals surface area contributed by atoms with Crippen LogP contribution < -0.4 is 5.32 Å². The van der Waals surface area contributed by atoms with Gasteiger partial charge in [-0.3, -0.25) is 0 Å². The van der Waals surface area contributed by atoms with Crippen LogP contribution in [0.3, 0.4) is 0 Å². The van der Waals surface area contributed by atoms with Crippen LogP contribution in [0.2, 0.25) is 10.0 Å². The molecule has 0 heterocycles. The highest BCUT2D eigenvalue weighted by Crippen LogP contribution is 2.32. The van der Waals surface area contributed by atoms with E-state index >= 15 is 0 Å². The van der Waals surface area contributed by atoms with Gasteiger partial charge >= 0.3 is 0 Å². The molecule has 1 nitrogen and oxygen atoms in total. The Morgan fingerprint density at radius 2 is 1.89 bits per heavy atom. The topological polar surface area (TPSA) is 12.0 Å². The van der Waals surface area contributed by atoms with Crippen LogP contribution in [-0.2, 0) is 0 Å². The fraction of sp³-hybridized carbons (Fsp3) is 0.200. The van der Waals surface area contributed by atoms with Gasteiger partial charge in [-0.15, -0.1) is 0 Å². The Bertz CT molecular complexity index is 599. The van der Waals surface area contributed by atoms with E-state index in [2.05, 4.69) is 47.2 Å². The first-order chi connectivity index (χ1) is 8.99. The standard InChI is InChI=1S/C15H14BrCl2N/c1-9-6-7-11(16)8-14(9)19-10(2)12-4-3-5-13(17)15(12)18/h3-8,10,19H,1-2H3. The van der Waals surface area contributed by atoms with Crippen molar-refractivity contribution in [2.24, 2.45) is 0 Å². The molecule has 0 fully saturated rings. The minimum Gasteiger partial charge on any atom is -0.378 e. The molecular formula is C15H14BrCl2N. The molecule has 0 aliphatic heterocycles. The van der Waals surface area contributed by atoms with Crippen LogP contribution in [0.5, 0.6) is 0 Å². The van der Waals surface area contributed by atoms with Crippen molar-refractivity contribution >= 4 is 44.8 Å². The molecule has 2 rings (SSSR count). The quantitative estimate of drug-likeness (QED) is 0.684. The summed E-state index contributed by atoms with van der Waals surface area (Å²) in [4.78, 5) is 0. The van der Waals surface area contributed by atoms with Crippen LogP contribution in [0.25, 0.3) is 0 Å². The Hall–Kier alpha value is -0.700. The molecule has 0 amide bonds. The highest BCUT2D eigenvalue weighted by molar-refractivity contribution is 9.10. The summed E-state index contributed by atoms with van der Waals surface area (Å²) in [6.45, 7) is 4.14. The maximum atomic E-state index is 6.24. The van der Waals surface area contributed by atoms with Crippen molar-refractivity contribution in [1.82, 2.24) is 0 Å². The number of benzene rings is 2. The predicted molar refractivity (Wildman–Crippen MR) is 87.4 cm³/mol. The lowest BCUT2D eigenvalue weighted by Gasteiger charge is -2.19. The second-order valence-corrected chi connectivity index (χ2v) is 6.17. The van der Waals surface area contributed by atoms with E-state index in [1.165, 1.54) is 5.56 Å². The van der Waals surface area contributed by atoms with Gasteiger partial charge in [0.1, 0.15) is 0 Å². The zero-order valence-electron chi connectivity index (χ0n) is 10.7. The molecule has 0 aliphatic carbocycles. The van der Waals surface area contributed by atoms with E-state index in [1.807, 2.05) is 18.2 Å². The molecule has 1 atom stereocenters. The molecule has 0 bridgehead atoms. The average molecular weight is 359 g/mol. The molecule has 19 heavy (non-hydrogen) atoms. The molecule has 1 N–H and O–H groups in total. The molecule has 1 unspecified atom stereocenters. The average Bonchev–Trinajstić information content (AvgIpc) is 2.37. The third kappa shape index (κ3) is 3.44. The van der Waals surface area contributed by atoms with Gasteiger partial charge in [0.15, 0.2) is 0 Å². The number of anilines is 1. The highest BCUT2D eigenvalue weighted by Gasteiger charge is 2.12. The molecule has 0 aliphatic rings. The van der Waals surface area contributed by atoms with Crippen molar-refractivity contribution in [3.63, 3.8) is 0 Å². The van der Waals surface area contributed by atoms with Crippen molar-refractivity contribution in [3.05, 3.63) is 62.0 Å². The molecule has 0 spiro atoms.